The summed E-state index contributed by atoms with van der Waals surface area (Å²) in [5.74, 6) is -8.02. The second-order valence-corrected chi connectivity index (χ2v) is 20.1. The van der Waals surface area contributed by atoms with Gasteiger partial charge in [0.25, 0.3) is 5.91 Å². The lowest BCUT2D eigenvalue weighted by Crippen LogP contribution is -2.62. The number of carbonyl (C=O) groups excluding carboxylic acids is 5. The van der Waals surface area contributed by atoms with Crippen LogP contribution in [0.4, 0.5) is 0 Å². The molecule has 15 heteroatoms. The quantitative estimate of drug-likeness (QED) is 0.134. The lowest BCUT2D eigenvalue weighted by atomic mass is 9.78. The van der Waals surface area contributed by atoms with Crippen LogP contribution in [0.1, 0.15) is 126 Å². The first-order chi connectivity index (χ1) is 32.3. The Labute approximate surface area is 405 Å². The van der Waals surface area contributed by atoms with Crippen molar-refractivity contribution in [1.82, 2.24) is 4.90 Å². The van der Waals surface area contributed by atoms with Gasteiger partial charge in [0.05, 0.1) is 37.6 Å². The number of methoxy groups -OCH3 is 3. The summed E-state index contributed by atoms with van der Waals surface area (Å²) < 4.78 is 35.7. The number of rotatable bonds is 9. The van der Waals surface area contributed by atoms with E-state index < -0.39 is 77.8 Å². The van der Waals surface area contributed by atoms with E-state index in [1.54, 1.807) is 41.1 Å². The van der Waals surface area contributed by atoms with Crippen molar-refractivity contribution in [2.75, 3.05) is 41.1 Å². The van der Waals surface area contributed by atoms with Gasteiger partial charge in [-0.1, -0.05) is 71.1 Å². The van der Waals surface area contributed by atoms with E-state index in [9.17, 15) is 39.3 Å². The number of hydrogen-bond acceptors (Lipinski definition) is 14. The molecule has 3 aliphatic heterocycles. The van der Waals surface area contributed by atoms with Gasteiger partial charge in [0, 0.05) is 58.5 Å². The van der Waals surface area contributed by atoms with Crippen molar-refractivity contribution in [1.29, 1.82) is 0 Å². The fraction of sp³-hybridized carbons (Fsp3) is 0.755. The molecule has 384 valence electrons. The minimum atomic E-state index is -2.86. The molecular weight excluding hydrogens is 875 g/mol. The van der Waals surface area contributed by atoms with Crippen molar-refractivity contribution in [2.45, 2.75) is 180 Å². The zero-order chi connectivity index (χ0) is 50.3. The maximum atomic E-state index is 14.7. The molecule has 1 amide bonds. The highest BCUT2D eigenvalue weighted by molar-refractivity contribution is 6.09. The average Bonchev–Trinajstić information content (AvgIpc) is 3.43. The number of carbonyl (C=O) groups is 5. The lowest BCUT2D eigenvalue weighted by molar-refractivity contribution is -0.231. The number of ketones is 3. The Morgan fingerprint density at radius 1 is 0.838 bits per heavy atom. The van der Waals surface area contributed by atoms with Gasteiger partial charge < -0.3 is 48.6 Å². The number of fused-ring (bicyclic) bond motifs is 3. The number of nitrogens with zero attached hydrogens (tertiary/aromatic N) is 1. The first-order valence-electron chi connectivity index (χ1n) is 25.0. The predicted octanol–water partition coefficient (Wildman–Crippen LogP) is 6.20. The van der Waals surface area contributed by atoms with Crippen molar-refractivity contribution < 1.29 is 67.7 Å². The zero-order valence-corrected chi connectivity index (χ0v) is 42.4. The summed E-state index contributed by atoms with van der Waals surface area (Å²) in [6.07, 6.45) is 11.5. The van der Waals surface area contributed by atoms with Crippen molar-refractivity contribution in [3.8, 4) is 0 Å². The molecule has 68 heavy (non-hydrogen) atoms. The molecule has 2 saturated heterocycles. The van der Waals surface area contributed by atoms with E-state index >= 15 is 0 Å². The number of piperidine rings is 1. The fourth-order valence-electron chi connectivity index (χ4n) is 10.5. The third kappa shape index (κ3) is 15.3. The SMILES string of the molecule is COC1CC2CCC(C)C(=O)C(O)(O2)C(=O)N2CCCCC2C(=O)OC(C(C)CC2CCC(OCCO)C(OC)C2)CC(=O)C(C)/C=C(\C)C(O)C(OC)C(=O)C(C)CC(C)/C=C/C=C/C=C1C. The van der Waals surface area contributed by atoms with Crippen LogP contribution in [0.5, 0.6) is 0 Å². The van der Waals surface area contributed by atoms with Gasteiger partial charge in [-0.15, -0.1) is 0 Å². The number of hydrogen-bond donors (Lipinski definition) is 3. The minimum Gasteiger partial charge on any atom is -0.460 e. The van der Waals surface area contributed by atoms with E-state index in [1.807, 2.05) is 58.1 Å². The summed E-state index contributed by atoms with van der Waals surface area (Å²) in [4.78, 5) is 72.5. The number of ether oxygens (including phenoxy) is 6. The van der Waals surface area contributed by atoms with Gasteiger partial charge in [-0.2, -0.15) is 0 Å². The second kappa shape index (κ2) is 27.3. The van der Waals surface area contributed by atoms with Crippen LogP contribution >= 0.6 is 0 Å². The van der Waals surface area contributed by atoms with E-state index in [0.29, 0.717) is 56.9 Å². The van der Waals surface area contributed by atoms with Crippen LogP contribution in [0.3, 0.4) is 0 Å². The van der Waals surface area contributed by atoms with Crippen LogP contribution in [-0.4, -0.2) is 145 Å². The van der Waals surface area contributed by atoms with Gasteiger partial charge in [0.2, 0.25) is 5.78 Å². The molecular formula is C53H83NO14. The van der Waals surface area contributed by atoms with E-state index in [1.165, 1.54) is 12.0 Å². The van der Waals surface area contributed by atoms with E-state index in [0.717, 1.165) is 12.0 Å². The van der Waals surface area contributed by atoms with Crippen molar-refractivity contribution in [3.05, 3.63) is 47.6 Å². The molecule has 1 aliphatic carbocycles. The Hall–Kier alpha value is -3.41. The number of allylic oxidation sites excluding steroid dienone is 6. The third-order valence-electron chi connectivity index (χ3n) is 14.8. The number of esters is 1. The molecule has 0 spiro atoms. The molecule has 15 unspecified atom stereocenters. The van der Waals surface area contributed by atoms with Crippen LogP contribution < -0.4 is 0 Å². The lowest BCUT2D eigenvalue weighted by Gasteiger charge is -2.40. The number of cyclic esters (lactones) is 1. The summed E-state index contributed by atoms with van der Waals surface area (Å²) in [6, 6.07) is -1.16. The molecule has 3 heterocycles. The molecule has 15 nitrogen and oxygen atoms in total. The first-order valence-corrected chi connectivity index (χ1v) is 25.0. The molecule has 0 radical (unpaired) electrons. The number of Topliss-reactive ketones (excluding diaryl/α,β-unsaturated/α-hetero) is 3. The van der Waals surface area contributed by atoms with E-state index in [-0.39, 0.29) is 80.5 Å². The average molecular weight is 958 g/mol. The van der Waals surface area contributed by atoms with Crippen LogP contribution in [0.2, 0.25) is 0 Å². The monoisotopic (exact) mass is 958 g/mol. The highest BCUT2D eigenvalue weighted by atomic mass is 16.6. The molecule has 4 aliphatic rings. The standard InChI is InChI=1S/C53H83NO14/c1-32-16-12-11-13-17-33(2)44(63-8)30-40-21-19-34(3)50(59)53(62,68-40)52(61)54-23-15-14-18-41(54)51(60)67-45(36(5)28-39-20-22-43(66-25-24-55)46(29-39)64-9)31-42(56)35(4)27-38(7)48(58)49(65-10)47(57)37(6)26-32/h11-13,16-17,27,32,34-37,39-41,43-46,48-49,55,58,62H,14-15,18-26,28-31H2,1-10H3/b13-11+,16-12+,33-17?,38-27+. The minimum absolute atomic E-state index is 0.0112. The topological polar surface area (TPSA) is 205 Å². The Morgan fingerprint density at radius 2 is 1.57 bits per heavy atom. The maximum Gasteiger partial charge on any atom is 0.329 e. The van der Waals surface area contributed by atoms with E-state index in [4.69, 9.17) is 28.4 Å². The molecule has 0 aromatic rings. The normalized spacial score (nSPS) is 38.4. The summed E-state index contributed by atoms with van der Waals surface area (Å²) in [5.41, 5.74) is 1.24. The molecule has 15 atom stereocenters. The molecule has 1 saturated carbocycles. The Balaban J connectivity index is 1.73. The maximum absolute atomic E-state index is 14.7. The summed E-state index contributed by atoms with van der Waals surface area (Å²) in [7, 11) is 4.57. The van der Waals surface area contributed by atoms with Crippen LogP contribution in [0.15, 0.2) is 47.6 Å². The largest absolute Gasteiger partial charge is 0.460 e. The van der Waals surface area contributed by atoms with E-state index in [2.05, 4.69) is 0 Å². The van der Waals surface area contributed by atoms with Crippen LogP contribution in [-0.2, 0) is 52.4 Å². The highest BCUT2D eigenvalue weighted by Gasteiger charge is 2.55. The molecule has 0 aromatic heterocycles. The summed E-state index contributed by atoms with van der Waals surface area (Å²) in [6.45, 7) is 12.8. The second-order valence-electron chi connectivity index (χ2n) is 20.1. The molecule has 2 bridgehead atoms. The summed E-state index contributed by atoms with van der Waals surface area (Å²) >= 11 is 0. The van der Waals surface area contributed by atoms with Gasteiger partial charge in [0.15, 0.2) is 5.78 Å². The predicted molar refractivity (Wildman–Crippen MR) is 256 cm³/mol. The first kappa shape index (κ1) is 57.2. The Bertz CT molecular complexity index is 1810. The molecule has 3 N–H and O–H groups in total. The number of aliphatic hydroxyl groups excluding tert-OH is 2. The smallest absolute Gasteiger partial charge is 0.329 e. The number of aliphatic hydroxyl groups is 3. The molecule has 3 fully saturated rings. The Kier molecular flexibility index (Phi) is 22.9. The third-order valence-corrected chi connectivity index (χ3v) is 14.8. The van der Waals surface area contributed by atoms with Crippen molar-refractivity contribution in [3.63, 3.8) is 0 Å². The highest BCUT2D eigenvalue weighted by Crippen LogP contribution is 2.37. The number of amides is 1. The van der Waals surface area contributed by atoms with Gasteiger partial charge in [-0.05, 0) is 107 Å². The fourth-order valence-corrected chi connectivity index (χ4v) is 10.5. The molecule has 0 aromatic carbocycles. The molecule has 4 rings (SSSR count). The summed E-state index contributed by atoms with van der Waals surface area (Å²) in [5, 5.41) is 33.0. The van der Waals surface area contributed by atoms with Crippen molar-refractivity contribution in [2.24, 2.45) is 35.5 Å². The van der Waals surface area contributed by atoms with Gasteiger partial charge in [-0.3, -0.25) is 19.2 Å². The van der Waals surface area contributed by atoms with Crippen molar-refractivity contribution >= 4 is 29.2 Å². The van der Waals surface area contributed by atoms with Gasteiger partial charge >= 0.3 is 11.8 Å². The Morgan fingerprint density at radius 3 is 2.25 bits per heavy atom. The van der Waals surface area contributed by atoms with Gasteiger partial charge in [0.1, 0.15) is 30.1 Å². The van der Waals surface area contributed by atoms with Crippen LogP contribution in [0, 0.1) is 35.5 Å². The van der Waals surface area contributed by atoms with Gasteiger partial charge in [-0.25, -0.2) is 4.79 Å². The van der Waals surface area contributed by atoms with Crippen LogP contribution in [0.25, 0.3) is 0 Å². The zero-order valence-electron chi connectivity index (χ0n) is 42.4.